The zero-order chi connectivity index (χ0) is 14.0. The first kappa shape index (κ1) is 14.0. The molecule has 1 aromatic heterocycles. The molecule has 0 radical (unpaired) electrons. The molecule has 2 aromatic rings. The van der Waals surface area contributed by atoms with Crippen molar-refractivity contribution in [2.24, 2.45) is 0 Å². The fraction of sp³-hybridized carbons (Fsp3) is 0.154. The molecule has 0 atom stereocenters. The first-order valence-corrected chi connectivity index (χ1v) is 6.43. The van der Waals surface area contributed by atoms with Crippen LogP contribution < -0.4 is 0 Å². The molecule has 0 unspecified atom stereocenters. The molecule has 1 heterocycles. The van der Waals surface area contributed by atoms with Crippen molar-refractivity contribution in [2.75, 3.05) is 0 Å². The van der Waals surface area contributed by atoms with Gasteiger partial charge in [0.05, 0.1) is 5.69 Å². The lowest BCUT2D eigenvalue weighted by molar-refractivity contribution is -0.141. The molecule has 6 heteroatoms. The van der Waals surface area contributed by atoms with E-state index in [1.807, 2.05) is 0 Å². The lowest BCUT2D eigenvalue weighted by atomic mass is 10.1. The number of hydrogen-bond donors (Lipinski definition) is 0. The maximum atomic E-state index is 13.7. The Morgan fingerprint density at radius 1 is 1.05 bits per heavy atom. The molecule has 0 amide bonds. The summed E-state index contributed by atoms with van der Waals surface area (Å²) in [6, 6.07) is 7.81. The Hall–Kier alpha value is -1.43. The van der Waals surface area contributed by atoms with Gasteiger partial charge >= 0.3 is 6.18 Å². The minimum absolute atomic E-state index is 0.00444. The van der Waals surface area contributed by atoms with Gasteiger partial charge in [-0.05, 0) is 23.8 Å². The van der Waals surface area contributed by atoms with Crippen LogP contribution >= 0.6 is 15.9 Å². The SMILES string of the molecule is Fc1ccccc1-c1nc(C(F)(F)F)ccc1CBr. The standard InChI is InChI=1S/C13H8BrF4N/c14-7-8-5-6-11(13(16,17)18)19-12(8)9-3-1-2-4-10(9)15/h1-6H,7H2. The van der Waals surface area contributed by atoms with Gasteiger partial charge in [0.25, 0.3) is 0 Å². The Labute approximate surface area is 115 Å². The summed E-state index contributed by atoms with van der Waals surface area (Å²) in [5, 5.41) is 0.293. The summed E-state index contributed by atoms with van der Waals surface area (Å²) in [6.07, 6.45) is -4.55. The zero-order valence-corrected chi connectivity index (χ0v) is 11.1. The van der Waals surface area contributed by atoms with E-state index in [1.54, 1.807) is 6.07 Å². The number of hydrogen-bond acceptors (Lipinski definition) is 1. The van der Waals surface area contributed by atoms with Crippen LogP contribution in [-0.2, 0) is 11.5 Å². The topological polar surface area (TPSA) is 12.9 Å². The highest BCUT2D eigenvalue weighted by Gasteiger charge is 2.33. The summed E-state index contributed by atoms with van der Waals surface area (Å²) in [7, 11) is 0. The van der Waals surface area contributed by atoms with E-state index in [0.29, 0.717) is 10.9 Å². The van der Waals surface area contributed by atoms with Crippen LogP contribution in [0, 0.1) is 5.82 Å². The van der Waals surface area contributed by atoms with Crippen molar-refractivity contribution >= 4 is 15.9 Å². The van der Waals surface area contributed by atoms with E-state index < -0.39 is 17.7 Å². The van der Waals surface area contributed by atoms with Gasteiger partial charge < -0.3 is 0 Å². The van der Waals surface area contributed by atoms with Gasteiger partial charge in [-0.2, -0.15) is 13.2 Å². The van der Waals surface area contributed by atoms with Crippen LogP contribution in [0.15, 0.2) is 36.4 Å². The Balaban J connectivity index is 2.64. The molecule has 0 fully saturated rings. The Bertz CT molecular complexity index is 595. The lowest BCUT2D eigenvalue weighted by Crippen LogP contribution is -2.09. The van der Waals surface area contributed by atoms with Gasteiger partial charge in [-0.3, -0.25) is 0 Å². The molecule has 0 saturated heterocycles. The number of halogens is 5. The third-order valence-corrected chi connectivity index (χ3v) is 3.15. The predicted molar refractivity (Wildman–Crippen MR) is 67.3 cm³/mol. The summed E-state index contributed by atoms with van der Waals surface area (Å²) in [5.41, 5.74) is -0.471. The largest absolute Gasteiger partial charge is 0.433 e. The van der Waals surface area contributed by atoms with Crippen molar-refractivity contribution in [1.82, 2.24) is 4.98 Å². The Morgan fingerprint density at radius 2 is 1.74 bits per heavy atom. The second-order valence-corrected chi connectivity index (χ2v) is 4.38. The predicted octanol–water partition coefficient (Wildman–Crippen LogP) is 4.80. The third-order valence-electron chi connectivity index (χ3n) is 2.54. The molecule has 0 N–H and O–H groups in total. The second kappa shape index (κ2) is 5.28. The number of alkyl halides is 4. The van der Waals surface area contributed by atoms with Gasteiger partial charge in [-0.1, -0.05) is 34.1 Å². The van der Waals surface area contributed by atoms with Crippen LogP contribution in [0.4, 0.5) is 17.6 Å². The molecule has 0 aliphatic heterocycles. The average molecular weight is 334 g/mol. The highest BCUT2D eigenvalue weighted by Crippen LogP contribution is 2.32. The minimum atomic E-state index is -4.55. The number of nitrogens with zero attached hydrogens (tertiary/aromatic N) is 1. The maximum Gasteiger partial charge on any atom is 0.433 e. The number of benzene rings is 1. The van der Waals surface area contributed by atoms with Crippen molar-refractivity contribution in [1.29, 1.82) is 0 Å². The van der Waals surface area contributed by atoms with Crippen LogP contribution in [-0.4, -0.2) is 4.98 Å². The summed E-state index contributed by atoms with van der Waals surface area (Å²) in [6.45, 7) is 0. The number of rotatable bonds is 2. The highest BCUT2D eigenvalue weighted by molar-refractivity contribution is 9.08. The van der Waals surface area contributed by atoms with Crippen LogP contribution in [0.5, 0.6) is 0 Å². The average Bonchev–Trinajstić information content (AvgIpc) is 2.37. The quantitative estimate of drug-likeness (QED) is 0.568. The Kier molecular flexibility index (Phi) is 3.89. The van der Waals surface area contributed by atoms with Gasteiger partial charge in [0.2, 0.25) is 0 Å². The highest BCUT2D eigenvalue weighted by atomic mass is 79.9. The van der Waals surface area contributed by atoms with Crippen molar-refractivity contribution in [3.63, 3.8) is 0 Å². The van der Waals surface area contributed by atoms with E-state index >= 15 is 0 Å². The van der Waals surface area contributed by atoms with Crippen LogP contribution in [0.1, 0.15) is 11.3 Å². The summed E-state index contributed by atoms with van der Waals surface area (Å²) < 4.78 is 51.6. The van der Waals surface area contributed by atoms with E-state index in [0.717, 1.165) is 6.07 Å². The van der Waals surface area contributed by atoms with E-state index in [-0.39, 0.29) is 11.3 Å². The van der Waals surface area contributed by atoms with Gasteiger partial charge in [0, 0.05) is 10.9 Å². The zero-order valence-electron chi connectivity index (χ0n) is 9.51. The van der Waals surface area contributed by atoms with Gasteiger partial charge in [0.15, 0.2) is 0 Å². The van der Waals surface area contributed by atoms with Crippen molar-refractivity contribution in [3.8, 4) is 11.3 Å². The van der Waals surface area contributed by atoms with Crippen LogP contribution in [0.2, 0.25) is 0 Å². The molecular weight excluding hydrogens is 326 g/mol. The lowest BCUT2D eigenvalue weighted by Gasteiger charge is -2.12. The molecule has 2 rings (SSSR count). The molecule has 0 bridgehead atoms. The van der Waals surface area contributed by atoms with Gasteiger partial charge in [0.1, 0.15) is 11.5 Å². The molecule has 0 spiro atoms. The molecular formula is C13H8BrF4N. The van der Waals surface area contributed by atoms with Crippen LogP contribution in [0.25, 0.3) is 11.3 Å². The fourth-order valence-corrected chi connectivity index (χ4v) is 2.09. The van der Waals surface area contributed by atoms with E-state index in [4.69, 9.17) is 0 Å². The molecule has 1 nitrogen and oxygen atoms in total. The monoisotopic (exact) mass is 333 g/mol. The summed E-state index contributed by atoms with van der Waals surface area (Å²) in [5.74, 6) is -0.600. The second-order valence-electron chi connectivity index (χ2n) is 3.82. The number of pyridine rings is 1. The normalized spacial score (nSPS) is 11.6. The number of aromatic nitrogens is 1. The first-order chi connectivity index (χ1) is 8.93. The third kappa shape index (κ3) is 2.94. The summed E-state index contributed by atoms with van der Waals surface area (Å²) >= 11 is 3.16. The van der Waals surface area contributed by atoms with E-state index in [2.05, 4.69) is 20.9 Å². The van der Waals surface area contributed by atoms with Crippen LogP contribution in [0.3, 0.4) is 0 Å². The van der Waals surface area contributed by atoms with E-state index in [1.165, 1.54) is 24.3 Å². The Morgan fingerprint density at radius 3 is 2.32 bits per heavy atom. The van der Waals surface area contributed by atoms with Gasteiger partial charge in [-0.25, -0.2) is 9.37 Å². The fourth-order valence-electron chi connectivity index (χ4n) is 1.64. The maximum absolute atomic E-state index is 13.7. The van der Waals surface area contributed by atoms with E-state index in [9.17, 15) is 17.6 Å². The molecule has 0 saturated carbocycles. The molecule has 19 heavy (non-hydrogen) atoms. The molecule has 0 aliphatic rings. The van der Waals surface area contributed by atoms with Crippen molar-refractivity contribution < 1.29 is 17.6 Å². The molecule has 1 aromatic carbocycles. The smallest absolute Gasteiger partial charge is 0.243 e. The van der Waals surface area contributed by atoms with Gasteiger partial charge in [-0.15, -0.1) is 0 Å². The van der Waals surface area contributed by atoms with Crippen molar-refractivity contribution in [2.45, 2.75) is 11.5 Å². The summed E-state index contributed by atoms with van der Waals surface area (Å²) in [4.78, 5) is 3.55. The minimum Gasteiger partial charge on any atom is -0.243 e. The molecule has 100 valence electrons. The molecule has 0 aliphatic carbocycles. The first-order valence-electron chi connectivity index (χ1n) is 5.31. The van der Waals surface area contributed by atoms with Crippen molar-refractivity contribution in [3.05, 3.63) is 53.5 Å².